The second kappa shape index (κ2) is 6.06. The third-order valence-corrected chi connectivity index (χ3v) is 2.91. The molecule has 0 unspecified atom stereocenters. The van der Waals surface area contributed by atoms with Gasteiger partial charge in [-0.1, -0.05) is 18.2 Å². The highest BCUT2D eigenvalue weighted by Gasteiger charge is 2.12. The number of halogens is 1. The zero-order valence-corrected chi connectivity index (χ0v) is 11.0. The quantitative estimate of drug-likeness (QED) is 0.664. The first-order valence-electron chi connectivity index (χ1n) is 6.07. The Hall–Kier alpha value is -2.56. The van der Waals surface area contributed by atoms with Crippen molar-refractivity contribution in [3.05, 3.63) is 59.4 Å². The first kappa shape index (κ1) is 13.9. The highest BCUT2D eigenvalue weighted by molar-refractivity contribution is 5.95. The van der Waals surface area contributed by atoms with Crippen molar-refractivity contribution >= 4 is 17.3 Å². The first-order valence-corrected chi connectivity index (χ1v) is 6.07. The molecule has 3 N–H and O–H groups in total. The average molecular weight is 274 g/mol. The second-order valence-corrected chi connectivity index (χ2v) is 4.23. The predicted molar refractivity (Wildman–Crippen MR) is 75.9 cm³/mol. The van der Waals surface area contributed by atoms with Gasteiger partial charge in [-0.05, 0) is 29.8 Å². The van der Waals surface area contributed by atoms with Gasteiger partial charge in [-0.25, -0.2) is 9.18 Å². The van der Waals surface area contributed by atoms with Crippen LogP contribution in [0.3, 0.4) is 0 Å². The molecule has 0 amide bonds. The summed E-state index contributed by atoms with van der Waals surface area (Å²) in [6.07, 6.45) is 0. The lowest BCUT2D eigenvalue weighted by Crippen LogP contribution is -2.09. The van der Waals surface area contributed by atoms with Gasteiger partial charge in [-0.2, -0.15) is 0 Å². The fraction of sp³-hybridized carbons (Fsp3) is 0.133. The summed E-state index contributed by atoms with van der Waals surface area (Å²) in [7, 11) is 1.28. The third kappa shape index (κ3) is 3.06. The van der Waals surface area contributed by atoms with Crippen LogP contribution in [0.25, 0.3) is 0 Å². The minimum absolute atomic E-state index is 0.281. The minimum Gasteiger partial charge on any atom is -0.465 e. The standard InChI is InChI=1S/C15H15FN2O2/c1-20-15(19)12-7-6-11(16)8-14(12)18-9-10-4-2-3-5-13(10)17/h2-8,18H,9,17H2,1H3. The van der Waals surface area contributed by atoms with Crippen LogP contribution < -0.4 is 11.1 Å². The molecule has 4 nitrogen and oxygen atoms in total. The Morgan fingerprint density at radius 2 is 2.05 bits per heavy atom. The van der Waals surface area contributed by atoms with E-state index in [1.54, 1.807) is 6.07 Å². The molecule has 0 fully saturated rings. The van der Waals surface area contributed by atoms with Crippen molar-refractivity contribution in [1.82, 2.24) is 0 Å². The molecule has 0 bridgehead atoms. The lowest BCUT2D eigenvalue weighted by atomic mass is 10.1. The van der Waals surface area contributed by atoms with Crippen LogP contribution in [-0.4, -0.2) is 13.1 Å². The number of nitrogens with two attached hydrogens (primary N) is 1. The Morgan fingerprint density at radius 1 is 1.30 bits per heavy atom. The van der Waals surface area contributed by atoms with E-state index >= 15 is 0 Å². The molecule has 0 spiro atoms. The number of hydrogen-bond donors (Lipinski definition) is 2. The van der Waals surface area contributed by atoms with Gasteiger partial charge in [0, 0.05) is 12.2 Å². The van der Waals surface area contributed by atoms with Gasteiger partial charge in [-0.3, -0.25) is 0 Å². The lowest BCUT2D eigenvalue weighted by molar-refractivity contribution is 0.0602. The molecule has 2 rings (SSSR count). The van der Waals surface area contributed by atoms with Crippen LogP contribution in [-0.2, 0) is 11.3 Å². The van der Waals surface area contributed by atoms with Crippen molar-refractivity contribution < 1.29 is 13.9 Å². The summed E-state index contributed by atoms with van der Waals surface area (Å²) in [4.78, 5) is 11.6. The molecule has 0 aromatic heterocycles. The van der Waals surface area contributed by atoms with Crippen LogP contribution in [0.15, 0.2) is 42.5 Å². The van der Waals surface area contributed by atoms with Gasteiger partial charge in [0.2, 0.25) is 0 Å². The molecule has 20 heavy (non-hydrogen) atoms. The van der Waals surface area contributed by atoms with E-state index in [0.29, 0.717) is 17.9 Å². The van der Waals surface area contributed by atoms with Crippen molar-refractivity contribution in [2.75, 3.05) is 18.2 Å². The van der Waals surface area contributed by atoms with Crippen LogP contribution >= 0.6 is 0 Å². The van der Waals surface area contributed by atoms with E-state index in [9.17, 15) is 9.18 Å². The number of carbonyl (C=O) groups excluding carboxylic acids is 1. The van der Waals surface area contributed by atoms with Crippen molar-refractivity contribution in [3.63, 3.8) is 0 Å². The average Bonchev–Trinajstić information content (AvgIpc) is 2.46. The molecule has 0 aliphatic carbocycles. The SMILES string of the molecule is COC(=O)c1ccc(F)cc1NCc1ccccc1N. The van der Waals surface area contributed by atoms with Crippen LogP contribution in [0, 0.1) is 5.82 Å². The van der Waals surface area contributed by atoms with Gasteiger partial charge < -0.3 is 15.8 Å². The number of nitrogen functional groups attached to an aromatic ring is 1. The molecule has 5 heteroatoms. The first-order chi connectivity index (χ1) is 9.61. The highest BCUT2D eigenvalue weighted by Crippen LogP contribution is 2.20. The minimum atomic E-state index is -0.520. The molecule has 2 aromatic rings. The molecule has 0 saturated carbocycles. The maximum absolute atomic E-state index is 13.3. The number of benzene rings is 2. The van der Waals surface area contributed by atoms with Crippen molar-refractivity contribution in [2.45, 2.75) is 6.54 Å². The molecular weight excluding hydrogens is 259 g/mol. The molecule has 104 valence electrons. The number of carbonyl (C=O) groups is 1. The Balaban J connectivity index is 2.22. The smallest absolute Gasteiger partial charge is 0.339 e. The molecule has 0 aliphatic rings. The number of para-hydroxylation sites is 1. The van der Waals surface area contributed by atoms with E-state index in [4.69, 9.17) is 5.73 Å². The second-order valence-electron chi connectivity index (χ2n) is 4.23. The van der Waals surface area contributed by atoms with Gasteiger partial charge in [0.25, 0.3) is 0 Å². The summed E-state index contributed by atoms with van der Waals surface area (Å²) in [6, 6.07) is 11.2. The van der Waals surface area contributed by atoms with Gasteiger partial charge in [0.05, 0.1) is 18.4 Å². The van der Waals surface area contributed by atoms with E-state index in [0.717, 1.165) is 5.56 Å². The monoisotopic (exact) mass is 274 g/mol. The van der Waals surface area contributed by atoms with Crippen molar-refractivity contribution in [2.24, 2.45) is 0 Å². The summed E-state index contributed by atoms with van der Waals surface area (Å²) >= 11 is 0. The fourth-order valence-corrected chi connectivity index (χ4v) is 1.84. The Labute approximate surface area is 116 Å². The lowest BCUT2D eigenvalue weighted by Gasteiger charge is -2.12. The molecule has 0 heterocycles. The normalized spacial score (nSPS) is 10.1. The van der Waals surface area contributed by atoms with Gasteiger partial charge >= 0.3 is 5.97 Å². The molecule has 2 aromatic carbocycles. The van der Waals surface area contributed by atoms with Crippen LogP contribution in [0.5, 0.6) is 0 Å². The van der Waals surface area contributed by atoms with Gasteiger partial charge in [0.15, 0.2) is 0 Å². The number of methoxy groups -OCH3 is 1. The largest absolute Gasteiger partial charge is 0.465 e. The Kier molecular flexibility index (Phi) is 4.20. The topological polar surface area (TPSA) is 64.3 Å². The maximum atomic E-state index is 13.3. The van der Waals surface area contributed by atoms with Gasteiger partial charge in [-0.15, -0.1) is 0 Å². The number of ether oxygens (including phenoxy) is 1. The van der Waals surface area contributed by atoms with E-state index in [1.165, 1.54) is 25.3 Å². The zero-order chi connectivity index (χ0) is 14.5. The van der Waals surface area contributed by atoms with Crippen molar-refractivity contribution in [1.29, 1.82) is 0 Å². The Morgan fingerprint density at radius 3 is 2.75 bits per heavy atom. The third-order valence-electron chi connectivity index (χ3n) is 2.91. The number of esters is 1. The molecule has 0 aliphatic heterocycles. The summed E-state index contributed by atoms with van der Waals surface area (Å²) in [5, 5.41) is 3.01. The highest BCUT2D eigenvalue weighted by atomic mass is 19.1. The molecular formula is C15H15FN2O2. The van der Waals surface area contributed by atoms with Crippen molar-refractivity contribution in [3.8, 4) is 0 Å². The summed E-state index contributed by atoms with van der Waals surface area (Å²) in [6.45, 7) is 0.389. The summed E-state index contributed by atoms with van der Waals surface area (Å²) in [5.74, 6) is -0.949. The number of rotatable bonds is 4. The number of nitrogens with one attached hydrogen (secondary N) is 1. The summed E-state index contributed by atoms with van der Waals surface area (Å²) in [5.41, 5.74) is 7.99. The fourth-order valence-electron chi connectivity index (χ4n) is 1.84. The zero-order valence-electron chi connectivity index (χ0n) is 11.0. The van der Waals surface area contributed by atoms with E-state index in [2.05, 4.69) is 10.1 Å². The number of hydrogen-bond acceptors (Lipinski definition) is 4. The number of anilines is 2. The maximum Gasteiger partial charge on any atom is 0.339 e. The molecule has 0 radical (unpaired) electrons. The van der Waals surface area contributed by atoms with E-state index in [1.807, 2.05) is 18.2 Å². The summed E-state index contributed by atoms with van der Waals surface area (Å²) < 4.78 is 18.0. The van der Waals surface area contributed by atoms with E-state index in [-0.39, 0.29) is 5.56 Å². The van der Waals surface area contributed by atoms with Crippen LogP contribution in [0.2, 0.25) is 0 Å². The van der Waals surface area contributed by atoms with Crippen LogP contribution in [0.1, 0.15) is 15.9 Å². The Bertz CT molecular complexity index is 629. The van der Waals surface area contributed by atoms with Crippen LogP contribution in [0.4, 0.5) is 15.8 Å². The molecule has 0 saturated heterocycles. The van der Waals surface area contributed by atoms with Gasteiger partial charge in [0.1, 0.15) is 5.82 Å². The predicted octanol–water partition coefficient (Wildman–Crippen LogP) is 2.81. The molecule has 0 atom stereocenters. The van der Waals surface area contributed by atoms with E-state index < -0.39 is 11.8 Å².